The molecule has 1 aliphatic rings. The third kappa shape index (κ3) is 4.56. The molecule has 4 amide bonds. The summed E-state index contributed by atoms with van der Waals surface area (Å²) in [6.07, 6.45) is 0.463. The van der Waals surface area contributed by atoms with E-state index in [1.165, 1.54) is 16.2 Å². The Hall–Kier alpha value is -4.30. The Morgan fingerprint density at radius 1 is 0.800 bits per heavy atom. The van der Waals surface area contributed by atoms with Crippen LogP contribution in [0.5, 0.6) is 0 Å². The fraction of sp³-hybridized carbons (Fsp3) is 0.111. The highest BCUT2D eigenvalue weighted by molar-refractivity contribution is 7.12. The number of imide groups is 1. The maximum absolute atomic E-state index is 13.0. The molecule has 0 bridgehead atoms. The van der Waals surface area contributed by atoms with E-state index >= 15 is 0 Å². The zero-order valence-electron chi connectivity index (χ0n) is 18.6. The zero-order valence-corrected chi connectivity index (χ0v) is 19.4. The van der Waals surface area contributed by atoms with Crippen molar-refractivity contribution in [3.8, 4) is 0 Å². The van der Waals surface area contributed by atoms with E-state index in [1.807, 2.05) is 17.5 Å². The molecule has 8 heteroatoms. The summed E-state index contributed by atoms with van der Waals surface area (Å²) in [6.45, 7) is 0.146. The molecule has 2 N–H and O–H groups in total. The quantitative estimate of drug-likeness (QED) is 0.355. The van der Waals surface area contributed by atoms with Crippen LogP contribution in [0.2, 0.25) is 0 Å². The number of anilines is 2. The summed E-state index contributed by atoms with van der Waals surface area (Å²) in [6, 6.07) is 21.3. The van der Waals surface area contributed by atoms with E-state index in [2.05, 4.69) is 10.6 Å². The van der Waals surface area contributed by atoms with E-state index in [9.17, 15) is 19.2 Å². The average Bonchev–Trinajstić information content (AvgIpc) is 3.40. The van der Waals surface area contributed by atoms with Gasteiger partial charge in [-0.05, 0) is 53.6 Å². The summed E-state index contributed by atoms with van der Waals surface area (Å²) >= 11 is 1.35. The molecule has 0 spiro atoms. The molecular weight excluding hydrogens is 462 g/mol. The molecule has 2 heterocycles. The fourth-order valence-electron chi connectivity index (χ4n) is 4.18. The number of benzene rings is 3. The van der Waals surface area contributed by atoms with Crippen molar-refractivity contribution < 1.29 is 19.2 Å². The van der Waals surface area contributed by atoms with Crippen molar-refractivity contribution in [2.45, 2.75) is 12.8 Å². The second-order valence-electron chi connectivity index (χ2n) is 8.14. The van der Waals surface area contributed by atoms with E-state index < -0.39 is 0 Å². The molecule has 0 aliphatic carbocycles. The predicted molar refractivity (Wildman–Crippen MR) is 136 cm³/mol. The number of hydrogen-bond donors (Lipinski definition) is 2. The lowest BCUT2D eigenvalue weighted by atomic mass is 9.94. The summed E-state index contributed by atoms with van der Waals surface area (Å²) in [5.74, 6) is -1.13. The number of nitrogens with zero attached hydrogens (tertiary/aromatic N) is 1. The van der Waals surface area contributed by atoms with Crippen molar-refractivity contribution in [3.63, 3.8) is 0 Å². The number of nitrogens with one attached hydrogen (secondary N) is 2. The van der Waals surface area contributed by atoms with Crippen LogP contribution in [0.1, 0.15) is 43.2 Å². The van der Waals surface area contributed by atoms with Gasteiger partial charge in [0.1, 0.15) is 0 Å². The van der Waals surface area contributed by atoms with Crippen molar-refractivity contribution >= 4 is 57.1 Å². The predicted octanol–water partition coefficient (Wildman–Crippen LogP) is 5.17. The standard InChI is InChI=1S/C27H21N3O4S/c31-23(28-18-8-3-9-19(16-18)29-25(32)22-12-5-15-35-22)13-4-14-30-26(33)20-10-1-6-17-7-2-11-21(24(17)20)27(30)34/h1-3,5-12,15-16H,4,13-14H2,(H,28,31)(H,29,32). The SMILES string of the molecule is O=C(CCCN1C(=O)c2cccc3cccc(c23)C1=O)Nc1cccc(NC(=O)c2cccs2)c1. The lowest BCUT2D eigenvalue weighted by Gasteiger charge is -2.27. The molecule has 0 unspecified atom stereocenters. The Labute approximate surface area is 205 Å². The van der Waals surface area contributed by atoms with Gasteiger partial charge in [-0.3, -0.25) is 24.1 Å². The number of carbonyl (C=O) groups is 4. The summed E-state index contributed by atoms with van der Waals surface area (Å²) in [5, 5.41) is 8.99. The van der Waals surface area contributed by atoms with Crippen LogP contribution in [0.3, 0.4) is 0 Å². The second kappa shape index (κ2) is 9.52. The van der Waals surface area contributed by atoms with Gasteiger partial charge in [-0.2, -0.15) is 0 Å². The number of hydrogen-bond acceptors (Lipinski definition) is 5. The van der Waals surface area contributed by atoms with E-state index in [1.54, 1.807) is 60.7 Å². The molecule has 0 saturated carbocycles. The molecule has 1 aromatic heterocycles. The molecular formula is C27H21N3O4S. The van der Waals surface area contributed by atoms with E-state index in [-0.39, 0.29) is 36.6 Å². The summed E-state index contributed by atoms with van der Waals surface area (Å²) < 4.78 is 0. The molecule has 3 aromatic carbocycles. The van der Waals surface area contributed by atoms with Crippen LogP contribution in [0.25, 0.3) is 10.8 Å². The second-order valence-corrected chi connectivity index (χ2v) is 9.08. The van der Waals surface area contributed by atoms with Crippen molar-refractivity contribution in [1.29, 1.82) is 0 Å². The van der Waals surface area contributed by atoms with Crippen LogP contribution in [-0.4, -0.2) is 35.1 Å². The highest BCUT2D eigenvalue weighted by atomic mass is 32.1. The highest BCUT2D eigenvalue weighted by Crippen LogP contribution is 2.30. The van der Waals surface area contributed by atoms with Crippen LogP contribution in [-0.2, 0) is 4.79 Å². The molecule has 7 nitrogen and oxygen atoms in total. The van der Waals surface area contributed by atoms with Gasteiger partial charge in [0.25, 0.3) is 17.7 Å². The Morgan fingerprint density at radius 3 is 2.11 bits per heavy atom. The third-order valence-corrected chi connectivity index (χ3v) is 6.66. The molecule has 35 heavy (non-hydrogen) atoms. The Kier molecular flexibility index (Phi) is 6.12. The van der Waals surface area contributed by atoms with Crippen LogP contribution < -0.4 is 10.6 Å². The topological polar surface area (TPSA) is 95.6 Å². The van der Waals surface area contributed by atoms with Gasteiger partial charge in [-0.15, -0.1) is 11.3 Å². The largest absolute Gasteiger partial charge is 0.326 e. The molecule has 0 radical (unpaired) electrons. The first kappa shape index (κ1) is 22.5. The molecule has 0 atom stereocenters. The van der Waals surface area contributed by atoms with Gasteiger partial charge in [-0.1, -0.05) is 36.4 Å². The Morgan fingerprint density at radius 2 is 1.46 bits per heavy atom. The maximum atomic E-state index is 13.0. The highest BCUT2D eigenvalue weighted by Gasteiger charge is 2.32. The summed E-state index contributed by atoms with van der Waals surface area (Å²) in [5.41, 5.74) is 2.12. The molecule has 1 aliphatic heterocycles. The number of carbonyl (C=O) groups excluding carboxylic acids is 4. The number of thiophene rings is 1. The monoisotopic (exact) mass is 483 g/mol. The van der Waals surface area contributed by atoms with Gasteiger partial charge in [0.15, 0.2) is 0 Å². The molecule has 0 fully saturated rings. The minimum absolute atomic E-state index is 0.134. The zero-order chi connectivity index (χ0) is 24.4. The van der Waals surface area contributed by atoms with Gasteiger partial charge in [0, 0.05) is 40.9 Å². The van der Waals surface area contributed by atoms with Crippen LogP contribution in [0.15, 0.2) is 78.2 Å². The maximum Gasteiger partial charge on any atom is 0.265 e. The van der Waals surface area contributed by atoms with Crippen LogP contribution in [0.4, 0.5) is 11.4 Å². The smallest absolute Gasteiger partial charge is 0.265 e. The molecule has 0 saturated heterocycles. The third-order valence-electron chi connectivity index (χ3n) is 5.79. The van der Waals surface area contributed by atoms with Crippen LogP contribution in [0, 0.1) is 0 Å². The van der Waals surface area contributed by atoms with Crippen molar-refractivity contribution in [3.05, 3.63) is 94.2 Å². The molecule has 5 rings (SSSR count). The minimum atomic E-state index is -0.339. The van der Waals surface area contributed by atoms with Crippen molar-refractivity contribution in [1.82, 2.24) is 4.90 Å². The van der Waals surface area contributed by atoms with E-state index in [0.29, 0.717) is 39.2 Å². The van der Waals surface area contributed by atoms with Gasteiger partial charge >= 0.3 is 0 Å². The molecule has 174 valence electrons. The lowest BCUT2D eigenvalue weighted by Crippen LogP contribution is -2.41. The van der Waals surface area contributed by atoms with Crippen molar-refractivity contribution in [2.75, 3.05) is 17.2 Å². The van der Waals surface area contributed by atoms with Gasteiger partial charge < -0.3 is 10.6 Å². The lowest BCUT2D eigenvalue weighted by molar-refractivity contribution is -0.116. The number of rotatable bonds is 7. The first-order valence-electron chi connectivity index (χ1n) is 11.1. The van der Waals surface area contributed by atoms with E-state index in [4.69, 9.17) is 0 Å². The summed E-state index contributed by atoms with van der Waals surface area (Å²) in [7, 11) is 0. The Bertz CT molecular complexity index is 1410. The first-order chi connectivity index (χ1) is 17.0. The van der Waals surface area contributed by atoms with E-state index in [0.717, 1.165) is 5.39 Å². The van der Waals surface area contributed by atoms with Gasteiger partial charge in [0.05, 0.1) is 4.88 Å². The minimum Gasteiger partial charge on any atom is -0.326 e. The normalized spacial score (nSPS) is 12.6. The number of amides is 4. The fourth-order valence-corrected chi connectivity index (χ4v) is 4.80. The molecule has 4 aromatic rings. The van der Waals surface area contributed by atoms with Gasteiger partial charge in [0.2, 0.25) is 5.91 Å². The van der Waals surface area contributed by atoms with Crippen molar-refractivity contribution in [2.24, 2.45) is 0 Å². The average molecular weight is 484 g/mol. The van der Waals surface area contributed by atoms with Gasteiger partial charge in [-0.25, -0.2) is 0 Å². The first-order valence-corrected chi connectivity index (χ1v) is 12.0. The summed E-state index contributed by atoms with van der Waals surface area (Å²) in [4.78, 5) is 52.5. The Balaban J connectivity index is 1.18. The van der Waals surface area contributed by atoms with Crippen LogP contribution >= 0.6 is 11.3 Å².